The van der Waals surface area contributed by atoms with Gasteiger partial charge in [0.1, 0.15) is 11.8 Å². The number of hydrogen-bond donors (Lipinski definition) is 0. The summed E-state index contributed by atoms with van der Waals surface area (Å²) < 4.78 is 10.8. The molecule has 0 radical (unpaired) electrons. The maximum atomic E-state index is 12.1. The van der Waals surface area contributed by atoms with Gasteiger partial charge < -0.3 is 9.47 Å². The highest BCUT2D eigenvalue weighted by Crippen LogP contribution is 2.52. The summed E-state index contributed by atoms with van der Waals surface area (Å²) in [6.07, 6.45) is 3.82. The molecule has 4 nitrogen and oxygen atoms in total. The molecule has 0 bridgehead atoms. The molecule has 2 aliphatic rings. The van der Waals surface area contributed by atoms with Crippen LogP contribution in [0.4, 0.5) is 4.79 Å². The molecule has 2 fully saturated rings. The van der Waals surface area contributed by atoms with Crippen molar-refractivity contribution in [2.75, 3.05) is 7.11 Å². The topological polar surface area (TPSA) is 38.8 Å². The number of hydrogen-bond acceptors (Lipinski definition) is 3. The summed E-state index contributed by atoms with van der Waals surface area (Å²) in [7, 11) is 1.66. The van der Waals surface area contributed by atoms with E-state index in [1.165, 1.54) is 0 Å². The van der Waals surface area contributed by atoms with Gasteiger partial charge in [-0.15, -0.1) is 0 Å². The normalized spacial score (nSPS) is 27.2. The van der Waals surface area contributed by atoms with Crippen molar-refractivity contribution in [3.05, 3.63) is 0 Å². The highest BCUT2D eigenvalue weighted by atomic mass is 16.6. The van der Waals surface area contributed by atoms with Gasteiger partial charge in [0.15, 0.2) is 0 Å². The number of methoxy groups -OCH3 is 1. The quantitative estimate of drug-likeness (QED) is 0.691. The molecule has 0 aromatic carbocycles. The third kappa shape index (κ3) is 2.03. The molecule has 0 aromatic rings. The van der Waals surface area contributed by atoms with Crippen molar-refractivity contribution in [2.45, 2.75) is 63.8 Å². The molecule has 1 saturated carbocycles. The number of amides is 1. The molecule has 2 rings (SSSR count). The molecule has 4 heteroatoms. The van der Waals surface area contributed by atoms with Gasteiger partial charge in [0.25, 0.3) is 0 Å². The minimum atomic E-state index is -0.436. The van der Waals surface area contributed by atoms with Crippen LogP contribution < -0.4 is 0 Å². The number of carbonyl (C=O) groups excluding carboxylic acids is 1. The molecule has 1 spiro atoms. The van der Waals surface area contributed by atoms with Gasteiger partial charge in [-0.2, -0.15) is 0 Å². The van der Waals surface area contributed by atoms with Gasteiger partial charge in [0.2, 0.25) is 0 Å². The Morgan fingerprint density at radius 2 is 1.94 bits per heavy atom. The van der Waals surface area contributed by atoms with E-state index in [-0.39, 0.29) is 17.9 Å². The average molecular weight is 227 g/mol. The summed E-state index contributed by atoms with van der Waals surface area (Å²) in [6, 6.07) is 0. The van der Waals surface area contributed by atoms with Crippen LogP contribution in [-0.2, 0) is 9.47 Å². The molecule has 1 saturated heterocycles. The van der Waals surface area contributed by atoms with Gasteiger partial charge in [-0.25, -0.2) is 4.79 Å². The first-order valence-corrected chi connectivity index (χ1v) is 5.93. The molecule has 0 aromatic heterocycles. The van der Waals surface area contributed by atoms with Crippen molar-refractivity contribution in [1.29, 1.82) is 0 Å². The van der Waals surface area contributed by atoms with Crippen molar-refractivity contribution >= 4 is 6.09 Å². The zero-order valence-electron chi connectivity index (χ0n) is 10.6. The zero-order chi connectivity index (χ0) is 12.0. The maximum Gasteiger partial charge on any atom is 0.412 e. The lowest BCUT2D eigenvalue weighted by atomic mass is 10.2. The van der Waals surface area contributed by atoms with Gasteiger partial charge in [-0.1, -0.05) is 0 Å². The number of rotatable bonds is 1. The van der Waals surface area contributed by atoms with E-state index in [9.17, 15) is 4.79 Å². The Morgan fingerprint density at radius 3 is 2.38 bits per heavy atom. The van der Waals surface area contributed by atoms with Crippen LogP contribution in [0.5, 0.6) is 0 Å². The van der Waals surface area contributed by atoms with E-state index in [4.69, 9.17) is 9.47 Å². The minimum absolute atomic E-state index is 0.0585. The summed E-state index contributed by atoms with van der Waals surface area (Å²) in [5, 5.41) is 0. The Balaban J connectivity index is 2.08. The van der Waals surface area contributed by atoms with Gasteiger partial charge in [0, 0.05) is 12.6 Å². The maximum absolute atomic E-state index is 12.1. The van der Waals surface area contributed by atoms with E-state index in [1.807, 2.05) is 25.7 Å². The number of nitrogens with zero attached hydrogens (tertiary/aromatic N) is 1. The number of likely N-dealkylation sites (tertiary alicyclic amines) is 1. The Kier molecular flexibility index (Phi) is 2.65. The lowest BCUT2D eigenvalue weighted by molar-refractivity contribution is -0.0452. The molecule has 1 aliphatic heterocycles. The molecule has 1 heterocycles. The fraction of sp³-hybridized carbons (Fsp3) is 0.917. The Labute approximate surface area is 96.9 Å². The Bertz CT molecular complexity index is 291. The van der Waals surface area contributed by atoms with Gasteiger partial charge >= 0.3 is 6.09 Å². The summed E-state index contributed by atoms with van der Waals surface area (Å²) in [6.45, 7) is 5.67. The van der Waals surface area contributed by atoms with Crippen molar-refractivity contribution in [3.8, 4) is 0 Å². The molecule has 1 amide bonds. The van der Waals surface area contributed by atoms with E-state index in [0.29, 0.717) is 0 Å². The van der Waals surface area contributed by atoms with Crippen molar-refractivity contribution in [3.63, 3.8) is 0 Å². The van der Waals surface area contributed by atoms with Crippen LogP contribution in [0.3, 0.4) is 0 Å². The summed E-state index contributed by atoms with van der Waals surface area (Å²) in [5.74, 6) is 0. The molecule has 1 atom stereocenters. The molecule has 16 heavy (non-hydrogen) atoms. The molecule has 92 valence electrons. The molecule has 1 unspecified atom stereocenters. The van der Waals surface area contributed by atoms with Crippen LogP contribution in [0.2, 0.25) is 0 Å². The van der Waals surface area contributed by atoms with Gasteiger partial charge in [0.05, 0.1) is 0 Å². The molecular formula is C12H21NO3. The number of carbonyl (C=O) groups is 1. The highest BCUT2D eigenvalue weighted by molar-refractivity contribution is 5.70. The van der Waals surface area contributed by atoms with E-state index in [1.54, 1.807) is 7.11 Å². The highest BCUT2D eigenvalue weighted by Gasteiger charge is 2.57. The second kappa shape index (κ2) is 3.62. The van der Waals surface area contributed by atoms with Crippen LogP contribution in [0.1, 0.15) is 46.5 Å². The first kappa shape index (κ1) is 11.7. The van der Waals surface area contributed by atoms with Gasteiger partial charge in [-0.05, 0) is 46.5 Å². The van der Waals surface area contributed by atoms with E-state index in [0.717, 1.165) is 25.7 Å². The fourth-order valence-electron chi connectivity index (χ4n) is 2.43. The van der Waals surface area contributed by atoms with Crippen molar-refractivity contribution in [1.82, 2.24) is 4.90 Å². The third-order valence-electron chi connectivity index (χ3n) is 3.35. The first-order valence-electron chi connectivity index (χ1n) is 5.93. The van der Waals surface area contributed by atoms with Gasteiger partial charge in [-0.3, -0.25) is 4.90 Å². The zero-order valence-corrected chi connectivity index (χ0v) is 10.6. The predicted molar refractivity (Wildman–Crippen MR) is 60.1 cm³/mol. The van der Waals surface area contributed by atoms with Crippen molar-refractivity contribution < 1.29 is 14.3 Å². The lowest BCUT2D eigenvalue weighted by Crippen LogP contribution is -2.46. The largest absolute Gasteiger partial charge is 0.444 e. The molecular weight excluding hydrogens is 206 g/mol. The van der Waals surface area contributed by atoms with E-state index < -0.39 is 5.60 Å². The van der Waals surface area contributed by atoms with Crippen LogP contribution in [0, 0.1) is 0 Å². The van der Waals surface area contributed by atoms with Crippen LogP contribution in [0.25, 0.3) is 0 Å². The molecule has 1 aliphatic carbocycles. The third-order valence-corrected chi connectivity index (χ3v) is 3.35. The summed E-state index contributed by atoms with van der Waals surface area (Å²) in [5.41, 5.74) is -0.378. The van der Waals surface area contributed by atoms with E-state index >= 15 is 0 Å². The Morgan fingerprint density at radius 1 is 1.31 bits per heavy atom. The second-order valence-corrected chi connectivity index (χ2v) is 5.80. The fourth-order valence-corrected chi connectivity index (χ4v) is 2.43. The Hall–Kier alpha value is -0.770. The van der Waals surface area contributed by atoms with Crippen LogP contribution in [0.15, 0.2) is 0 Å². The predicted octanol–water partition coefficient (Wildman–Crippen LogP) is 2.52. The lowest BCUT2D eigenvalue weighted by Gasteiger charge is -2.31. The van der Waals surface area contributed by atoms with Crippen LogP contribution in [-0.4, -0.2) is 35.5 Å². The smallest absolute Gasteiger partial charge is 0.412 e. The SMILES string of the molecule is COC1CCC2(CC2)N1C(=O)OC(C)(C)C. The first-order chi connectivity index (χ1) is 7.38. The average Bonchev–Trinajstić information content (AvgIpc) is 2.76. The minimum Gasteiger partial charge on any atom is -0.444 e. The monoisotopic (exact) mass is 227 g/mol. The van der Waals surface area contributed by atoms with Crippen LogP contribution >= 0.6 is 0 Å². The van der Waals surface area contributed by atoms with Crippen molar-refractivity contribution in [2.24, 2.45) is 0 Å². The number of ether oxygens (including phenoxy) is 2. The van der Waals surface area contributed by atoms with E-state index in [2.05, 4.69) is 0 Å². The summed E-state index contributed by atoms with van der Waals surface area (Å²) in [4.78, 5) is 13.9. The molecule has 0 N–H and O–H groups in total. The standard InChI is InChI=1S/C12H21NO3/c1-11(2,3)16-10(14)13-9(15-4)5-6-12(13)7-8-12/h9H,5-8H2,1-4H3. The summed E-state index contributed by atoms with van der Waals surface area (Å²) >= 11 is 0. The second-order valence-electron chi connectivity index (χ2n) is 5.80.